The maximum absolute atomic E-state index is 12.3. The molecule has 0 spiro atoms. The van der Waals surface area contributed by atoms with Crippen LogP contribution in [0.25, 0.3) is 0 Å². The van der Waals surface area contributed by atoms with Gasteiger partial charge in [0.25, 0.3) is 5.91 Å². The van der Waals surface area contributed by atoms with Gasteiger partial charge in [-0.2, -0.15) is 0 Å². The van der Waals surface area contributed by atoms with Gasteiger partial charge in [-0.3, -0.25) is 4.79 Å². The van der Waals surface area contributed by atoms with Crippen molar-refractivity contribution in [1.82, 2.24) is 5.32 Å². The molecule has 0 aliphatic heterocycles. The summed E-state index contributed by atoms with van der Waals surface area (Å²) in [6.07, 6.45) is 2.26. The molecule has 1 aliphatic carbocycles. The lowest BCUT2D eigenvalue weighted by Crippen LogP contribution is -2.37. The van der Waals surface area contributed by atoms with Gasteiger partial charge in [-0.25, -0.2) is 0 Å². The topological polar surface area (TPSA) is 58.4 Å². The van der Waals surface area contributed by atoms with Crippen LogP contribution in [0.1, 0.15) is 37.0 Å². The highest BCUT2D eigenvalue weighted by Crippen LogP contribution is 2.31. The lowest BCUT2D eigenvalue weighted by Gasteiger charge is -2.20. The minimum Gasteiger partial charge on any atom is -0.397 e. The molecule has 20 heavy (non-hydrogen) atoms. The Labute approximate surface area is 121 Å². The highest BCUT2D eigenvalue weighted by Gasteiger charge is 2.30. The number of nitrogen functional groups attached to an aromatic ring is 1. The molecule has 0 aromatic heterocycles. The molecule has 1 saturated carbocycles. The highest BCUT2D eigenvalue weighted by atomic mass is 16.1. The van der Waals surface area contributed by atoms with E-state index < -0.39 is 0 Å². The van der Waals surface area contributed by atoms with E-state index in [2.05, 4.69) is 19.2 Å². The van der Waals surface area contributed by atoms with Crippen LogP contribution in [0.5, 0.6) is 0 Å². The van der Waals surface area contributed by atoms with Gasteiger partial charge in [-0.05, 0) is 42.9 Å². The van der Waals surface area contributed by atoms with Crippen LogP contribution in [0.4, 0.5) is 11.4 Å². The van der Waals surface area contributed by atoms with E-state index in [-0.39, 0.29) is 11.9 Å². The summed E-state index contributed by atoms with van der Waals surface area (Å²) in [5.74, 6) is 1.20. The van der Waals surface area contributed by atoms with Crippen LogP contribution in [-0.2, 0) is 0 Å². The average molecular weight is 275 g/mol. The zero-order chi connectivity index (χ0) is 14.9. The molecular weight excluding hydrogens is 250 g/mol. The van der Waals surface area contributed by atoms with Crippen LogP contribution in [0.15, 0.2) is 18.2 Å². The van der Waals surface area contributed by atoms with Gasteiger partial charge in [0.2, 0.25) is 0 Å². The Morgan fingerprint density at radius 1 is 1.30 bits per heavy atom. The fourth-order valence-corrected chi connectivity index (χ4v) is 2.92. The molecule has 1 fully saturated rings. The normalized spacial score (nSPS) is 25.5. The molecule has 3 unspecified atom stereocenters. The number of hydrogen-bond acceptors (Lipinski definition) is 3. The average Bonchev–Trinajstić information content (AvgIpc) is 2.70. The van der Waals surface area contributed by atoms with Crippen molar-refractivity contribution in [3.63, 3.8) is 0 Å². The second-order valence-electron chi connectivity index (χ2n) is 6.16. The van der Waals surface area contributed by atoms with Crippen LogP contribution >= 0.6 is 0 Å². The van der Waals surface area contributed by atoms with E-state index in [1.165, 1.54) is 6.42 Å². The minimum atomic E-state index is -0.0204. The maximum atomic E-state index is 12.3. The molecule has 3 atom stereocenters. The zero-order valence-electron chi connectivity index (χ0n) is 12.8. The van der Waals surface area contributed by atoms with Crippen molar-refractivity contribution < 1.29 is 4.79 Å². The number of amides is 1. The number of anilines is 2. The van der Waals surface area contributed by atoms with Crippen LogP contribution in [0.3, 0.4) is 0 Å². The van der Waals surface area contributed by atoms with Crippen molar-refractivity contribution in [3.8, 4) is 0 Å². The van der Waals surface area contributed by atoms with Crippen molar-refractivity contribution in [1.29, 1.82) is 0 Å². The summed E-state index contributed by atoms with van der Waals surface area (Å²) in [6.45, 7) is 4.47. The fourth-order valence-electron chi connectivity index (χ4n) is 2.92. The number of hydrogen-bond donors (Lipinski definition) is 2. The molecule has 3 N–H and O–H groups in total. The predicted molar refractivity (Wildman–Crippen MR) is 84.0 cm³/mol. The second kappa shape index (κ2) is 5.73. The van der Waals surface area contributed by atoms with Crippen LogP contribution < -0.4 is 16.0 Å². The van der Waals surface area contributed by atoms with Crippen LogP contribution in [0, 0.1) is 11.8 Å². The molecule has 0 heterocycles. The molecule has 1 aromatic carbocycles. The Bertz CT molecular complexity index is 498. The molecular formula is C16H25N3O. The largest absolute Gasteiger partial charge is 0.397 e. The standard InChI is InChI=1S/C16H25N3O/c1-10-5-7-14(11(10)2)18-16(20)12-6-8-15(19(3)4)13(17)9-12/h6,8-11,14H,5,7,17H2,1-4H3,(H,18,20). The van der Waals surface area contributed by atoms with Gasteiger partial charge >= 0.3 is 0 Å². The molecule has 0 saturated heterocycles. The smallest absolute Gasteiger partial charge is 0.251 e. The minimum absolute atomic E-state index is 0.0204. The quantitative estimate of drug-likeness (QED) is 0.833. The fraction of sp³-hybridized carbons (Fsp3) is 0.562. The Kier molecular flexibility index (Phi) is 4.21. The monoisotopic (exact) mass is 275 g/mol. The summed E-state index contributed by atoms with van der Waals surface area (Å²) in [7, 11) is 3.88. The van der Waals surface area contributed by atoms with Crippen LogP contribution in [-0.4, -0.2) is 26.0 Å². The third-order valence-corrected chi connectivity index (χ3v) is 4.55. The van der Waals surface area contributed by atoms with Gasteiger partial charge in [0.05, 0.1) is 11.4 Å². The van der Waals surface area contributed by atoms with Crippen molar-refractivity contribution in [3.05, 3.63) is 23.8 Å². The number of rotatable bonds is 3. The van der Waals surface area contributed by atoms with Crippen LogP contribution in [0.2, 0.25) is 0 Å². The molecule has 4 heteroatoms. The van der Waals surface area contributed by atoms with Gasteiger partial charge < -0.3 is 16.0 Å². The van der Waals surface area contributed by atoms with Gasteiger partial charge in [-0.15, -0.1) is 0 Å². The first kappa shape index (κ1) is 14.7. The molecule has 110 valence electrons. The Hall–Kier alpha value is -1.71. The van der Waals surface area contributed by atoms with E-state index >= 15 is 0 Å². The van der Waals surface area contributed by atoms with Crippen molar-refractivity contribution >= 4 is 17.3 Å². The summed E-state index contributed by atoms with van der Waals surface area (Å²) in [4.78, 5) is 14.2. The number of carbonyl (C=O) groups is 1. The number of benzene rings is 1. The number of nitrogens with one attached hydrogen (secondary N) is 1. The number of nitrogens with two attached hydrogens (primary N) is 1. The molecule has 1 aliphatic rings. The van der Waals surface area contributed by atoms with Crippen molar-refractivity contribution in [2.75, 3.05) is 24.7 Å². The SMILES string of the molecule is CC1CCC(NC(=O)c2ccc(N(C)C)c(N)c2)C1C. The second-order valence-corrected chi connectivity index (χ2v) is 6.16. The zero-order valence-corrected chi connectivity index (χ0v) is 12.8. The molecule has 0 radical (unpaired) electrons. The Morgan fingerprint density at radius 2 is 2.00 bits per heavy atom. The summed E-state index contributed by atoms with van der Waals surface area (Å²) in [5.41, 5.74) is 8.20. The van der Waals surface area contributed by atoms with Gasteiger partial charge in [-0.1, -0.05) is 13.8 Å². The first-order chi connectivity index (χ1) is 9.40. The first-order valence-corrected chi connectivity index (χ1v) is 7.28. The third kappa shape index (κ3) is 2.89. The first-order valence-electron chi connectivity index (χ1n) is 7.28. The lowest BCUT2D eigenvalue weighted by atomic mass is 9.97. The van der Waals surface area contributed by atoms with E-state index in [1.807, 2.05) is 31.1 Å². The van der Waals surface area contributed by atoms with E-state index in [0.29, 0.717) is 23.1 Å². The molecule has 0 bridgehead atoms. The molecule has 1 aromatic rings. The molecule has 1 amide bonds. The molecule has 2 rings (SSSR count). The van der Waals surface area contributed by atoms with E-state index in [1.54, 1.807) is 6.07 Å². The Morgan fingerprint density at radius 3 is 2.50 bits per heavy atom. The number of nitrogens with zero attached hydrogens (tertiary/aromatic N) is 1. The highest BCUT2D eigenvalue weighted by molar-refractivity contribution is 5.96. The van der Waals surface area contributed by atoms with Gasteiger partial charge in [0.15, 0.2) is 0 Å². The number of carbonyl (C=O) groups excluding carboxylic acids is 1. The van der Waals surface area contributed by atoms with E-state index in [9.17, 15) is 4.79 Å². The summed E-state index contributed by atoms with van der Waals surface area (Å²) in [6, 6.07) is 5.77. The van der Waals surface area contributed by atoms with E-state index in [4.69, 9.17) is 5.73 Å². The third-order valence-electron chi connectivity index (χ3n) is 4.55. The summed E-state index contributed by atoms with van der Waals surface area (Å²) < 4.78 is 0. The lowest BCUT2D eigenvalue weighted by molar-refractivity contribution is 0.0927. The van der Waals surface area contributed by atoms with Crippen molar-refractivity contribution in [2.45, 2.75) is 32.7 Å². The summed E-state index contributed by atoms with van der Waals surface area (Å²) >= 11 is 0. The van der Waals surface area contributed by atoms with E-state index in [0.717, 1.165) is 12.1 Å². The Balaban J connectivity index is 2.08. The van der Waals surface area contributed by atoms with Gasteiger partial charge in [0.1, 0.15) is 0 Å². The van der Waals surface area contributed by atoms with Crippen molar-refractivity contribution in [2.24, 2.45) is 11.8 Å². The van der Waals surface area contributed by atoms with Gasteiger partial charge in [0, 0.05) is 25.7 Å². The maximum Gasteiger partial charge on any atom is 0.251 e. The summed E-state index contributed by atoms with van der Waals surface area (Å²) in [5, 5.41) is 3.14. The molecule has 4 nitrogen and oxygen atoms in total. The predicted octanol–water partition coefficient (Wildman–Crippen LogP) is 2.50.